The van der Waals surface area contributed by atoms with Gasteiger partial charge in [-0.3, -0.25) is 14.4 Å². The molecule has 2 heterocycles. The van der Waals surface area contributed by atoms with Crippen LogP contribution in [0.2, 0.25) is 0 Å². The second-order valence-electron chi connectivity index (χ2n) is 5.45. The largest absolute Gasteiger partial charge is 0.403 e. The summed E-state index contributed by atoms with van der Waals surface area (Å²) in [5.41, 5.74) is 0. The van der Waals surface area contributed by atoms with Crippen molar-refractivity contribution in [3.05, 3.63) is 12.2 Å². The topological polar surface area (TPSA) is 145 Å². The van der Waals surface area contributed by atoms with Gasteiger partial charge >= 0.3 is 13.7 Å². The molecule has 1 saturated heterocycles. The summed E-state index contributed by atoms with van der Waals surface area (Å²) in [6.07, 6.45) is 2.47. The zero-order chi connectivity index (χ0) is 18.6. The Morgan fingerprint density at radius 3 is 2.36 bits per heavy atom. The van der Waals surface area contributed by atoms with Gasteiger partial charge in [-0.2, -0.15) is 0 Å². The van der Waals surface area contributed by atoms with Crippen molar-refractivity contribution in [1.29, 1.82) is 0 Å². The van der Waals surface area contributed by atoms with Crippen molar-refractivity contribution in [2.24, 2.45) is 0 Å². The molecule has 0 spiro atoms. The average Bonchev–Trinajstić information content (AvgIpc) is 3.06. The molecule has 0 bridgehead atoms. The van der Waals surface area contributed by atoms with Crippen LogP contribution in [0.3, 0.4) is 0 Å². The molecule has 12 heteroatoms. The Labute approximate surface area is 143 Å². The third-order valence-corrected chi connectivity index (χ3v) is 4.80. The number of imide groups is 1. The summed E-state index contributed by atoms with van der Waals surface area (Å²) >= 11 is 0. The summed E-state index contributed by atoms with van der Waals surface area (Å²) in [5, 5.41) is 0.374. The molecular formula is C13H18N3O8P. The molecule has 3 amide bonds. The van der Waals surface area contributed by atoms with Gasteiger partial charge in [-0.1, -0.05) is 6.08 Å². The number of nitrogens with zero attached hydrogens (tertiary/aromatic N) is 3. The Bertz CT molecular complexity index is 642. The normalized spacial score (nSPS) is 18.0. The van der Waals surface area contributed by atoms with E-state index in [1.807, 2.05) is 0 Å². The van der Waals surface area contributed by atoms with Gasteiger partial charge in [-0.05, 0) is 0 Å². The summed E-state index contributed by atoms with van der Waals surface area (Å²) in [4.78, 5) is 70.6. The van der Waals surface area contributed by atoms with E-state index in [1.165, 1.54) is 11.0 Å². The average molecular weight is 375 g/mol. The summed E-state index contributed by atoms with van der Waals surface area (Å²) in [6.45, 7) is -0.0640. The molecule has 0 radical (unpaired) electrons. The maximum absolute atomic E-state index is 11.7. The van der Waals surface area contributed by atoms with Crippen LogP contribution in [0.1, 0.15) is 19.3 Å². The van der Waals surface area contributed by atoms with Crippen LogP contribution in [0.5, 0.6) is 0 Å². The summed E-state index contributed by atoms with van der Waals surface area (Å²) < 4.78 is 12.3. The molecule has 2 aliphatic heterocycles. The van der Waals surface area contributed by atoms with Gasteiger partial charge in [0.2, 0.25) is 5.91 Å². The first kappa shape index (κ1) is 19.3. The van der Waals surface area contributed by atoms with Crippen LogP contribution >= 0.6 is 7.75 Å². The fraction of sp³-hybridized carbons (Fsp3) is 0.538. The Hall–Kier alpha value is -2.07. The molecule has 0 saturated carbocycles. The van der Waals surface area contributed by atoms with Crippen molar-refractivity contribution in [2.45, 2.75) is 19.3 Å². The minimum atomic E-state index is -4.65. The number of hydrogen-bond donors (Lipinski definition) is 2. The molecule has 25 heavy (non-hydrogen) atoms. The Kier molecular flexibility index (Phi) is 6.07. The van der Waals surface area contributed by atoms with Gasteiger partial charge in [0.05, 0.1) is 6.42 Å². The second-order valence-corrected chi connectivity index (χ2v) is 7.04. The molecule has 1 fully saturated rings. The predicted octanol–water partition coefficient (Wildman–Crippen LogP) is -1.22. The molecular weight excluding hydrogens is 357 g/mol. The van der Waals surface area contributed by atoms with E-state index in [2.05, 4.69) is 4.84 Å². The molecule has 0 aromatic carbocycles. The summed E-state index contributed by atoms with van der Waals surface area (Å²) in [6, 6.07) is 0. The molecule has 138 valence electrons. The van der Waals surface area contributed by atoms with Crippen LogP contribution in [0.25, 0.3) is 0 Å². The minimum Gasteiger partial charge on any atom is -0.334 e. The van der Waals surface area contributed by atoms with Crippen LogP contribution in [0.4, 0.5) is 0 Å². The van der Waals surface area contributed by atoms with Gasteiger partial charge in [0, 0.05) is 45.1 Å². The fourth-order valence-electron chi connectivity index (χ4n) is 2.31. The fourth-order valence-corrected chi connectivity index (χ4v) is 3.02. The Morgan fingerprint density at radius 1 is 1.20 bits per heavy atom. The SMILES string of the molecule is O=C(CCN(CCN1CC=CC1=O)P(=O)(O)O)ON1C(=O)CCC1=O. The predicted molar refractivity (Wildman–Crippen MR) is 81.1 cm³/mol. The lowest BCUT2D eigenvalue weighted by Crippen LogP contribution is -2.36. The van der Waals surface area contributed by atoms with Gasteiger partial charge in [-0.25, -0.2) is 14.0 Å². The van der Waals surface area contributed by atoms with E-state index in [1.54, 1.807) is 6.08 Å². The summed E-state index contributed by atoms with van der Waals surface area (Å²) in [5.74, 6) is -2.48. The highest BCUT2D eigenvalue weighted by molar-refractivity contribution is 7.49. The van der Waals surface area contributed by atoms with E-state index in [-0.39, 0.29) is 38.4 Å². The molecule has 0 aliphatic carbocycles. The van der Waals surface area contributed by atoms with E-state index in [9.17, 15) is 33.5 Å². The number of hydroxylamine groups is 2. The van der Waals surface area contributed by atoms with Crippen LogP contribution in [0.15, 0.2) is 12.2 Å². The van der Waals surface area contributed by atoms with Gasteiger partial charge in [0.1, 0.15) is 0 Å². The van der Waals surface area contributed by atoms with Crippen LogP contribution in [0, 0.1) is 0 Å². The third-order valence-electron chi connectivity index (χ3n) is 3.67. The van der Waals surface area contributed by atoms with Crippen LogP contribution < -0.4 is 0 Å². The van der Waals surface area contributed by atoms with Crippen LogP contribution in [-0.4, -0.2) is 74.3 Å². The Morgan fingerprint density at radius 2 is 1.84 bits per heavy atom. The first-order chi connectivity index (χ1) is 11.7. The monoisotopic (exact) mass is 375 g/mol. The van der Waals surface area contributed by atoms with Crippen molar-refractivity contribution >= 4 is 31.4 Å². The molecule has 0 aromatic heterocycles. The van der Waals surface area contributed by atoms with Gasteiger partial charge in [0.15, 0.2) is 0 Å². The first-order valence-corrected chi connectivity index (χ1v) is 9.08. The van der Waals surface area contributed by atoms with Crippen molar-refractivity contribution in [3.63, 3.8) is 0 Å². The number of hydrogen-bond acceptors (Lipinski definition) is 6. The Balaban J connectivity index is 1.84. The molecule has 0 unspecified atom stereocenters. The minimum absolute atomic E-state index is 0.0430. The van der Waals surface area contributed by atoms with Crippen molar-refractivity contribution in [1.82, 2.24) is 14.6 Å². The number of amides is 3. The van der Waals surface area contributed by atoms with E-state index >= 15 is 0 Å². The summed E-state index contributed by atoms with van der Waals surface area (Å²) in [7, 11) is -4.65. The zero-order valence-electron chi connectivity index (χ0n) is 13.2. The highest BCUT2D eigenvalue weighted by Crippen LogP contribution is 2.39. The number of carbonyl (C=O) groups excluding carboxylic acids is 4. The van der Waals surface area contributed by atoms with Gasteiger partial charge < -0.3 is 19.5 Å². The van der Waals surface area contributed by atoms with Crippen molar-refractivity contribution < 1.29 is 38.4 Å². The molecule has 11 nitrogen and oxygen atoms in total. The third kappa shape index (κ3) is 5.20. The lowest BCUT2D eigenvalue weighted by Gasteiger charge is -2.25. The molecule has 0 aromatic rings. The maximum Gasteiger partial charge on any atom is 0.403 e. The lowest BCUT2D eigenvalue weighted by molar-refractivity contribution is -0.197. The second kappa shape index (κ2) is 7.87. The van der Waals surface area contributed by atoms with Gasteiger partial charge in [0.25, 0.3) is 11.8 Å². The number of carbonyl (C=O) groups is 4. The van der Waals surface area contributed by atoms with E-state index < -0.39 is 32.0 Å². The van der Waals surface area contributed by atoms with Crippen LogP contribution in [-0.2, 0) is 28.6 Å². The van der Waals surface area contributed by atoms with Crippen molar-refractivity contribution in [3.8, 4) is 0 Å². The highest BCUT2D eigenvalue weighted by atomic mass is 31.2. The van der Waals surface area contributed by atoms with E-state index in [4.69, 9.17) is 0 Å². The quantitative estimate of drug-likeness (QED) is 0.394. The highest BCUT2D eigenvalue weighted by Gasteiger charge is 2.33. The maximum atomic E-state index is 11.7. The first-order valence-electron chi connectivity index (χ1n) is 7.51. The van der Waals surface area contributed by atoms with E-state index in [0.29, 0.717) is 11.6 Å². The standard InChI is InChI=1S/C13H18N3O8P/c17-10-2-1-6-14(10)8-9-15(25(21,22)23)7-5-13(20)24-16-11(18)3-4-12(16)19/h1-2H,3-9H2,(H2,21,22,23). The zero-order valence-corrected chi connectivity index (χ0v) is 14.1. The van der Waals surface area contributed by atoms with Crippen molar-refractivity contribution in [2.75, 3.05) is 26.2 Å². The molecule has 2 aliphatic rings. The molecule has 2 rings (SSSR count). The lowest BCUT2D eigenvalue weighted by atomic mass is 10.4. The van der Waals surface area contributed by atoms with Gasteiger partial charge in [-0.15, -0.1) is 5.06 Å². The number of rotatable bonds is 8. The van der Waals surface area contributed by atoms with E-state index in [0.717, 1.165) is 4.67 Å². The molecule has 2 N–H and O–H groups in total. The molecule has 0 atom stereocenters. The smallest absolute Gasteiger partial charge is 0.334 e.